The Balaban J connectivity index is 1.50. The summed E-state index contributed by atoms with van der Waals surface area (Å²) in [6, 6.07) is 4.30. The molecule has 6 heteroatoms. The van der Waals surface area contributed by atoms with E-state index in [-0.39, 0.29) is 17.6 Å². The fraction of sp³-hybridized carbons (Fsp3) is 0.471. The number of carbonyl (C=O) groups excluding carboxylic acids is 1. The average molecular weight is 317 g/mol. The highest BCUT2D eigenvalue weighted by atomic mass is 19.1. The van der Waals surface area contributed by atoms with Crippen LogP contribution in [0.15, 0.2) is 24.4 Å². The molecular weight excluding hydrogens is 297 g/mol. The molecule has 0 saturated heterocycles. The van der Waals surface area contributed by atoms with E-state index in [4.69, 9.17) is 10.5 Å². The number of hydrogen-bond acceptors (Lipinski definition) is 4. The number of rotatable bonds is 5. The summed E-state index contributed by atoms with van der Waals surface area (Å²) in [6.45, 7) is 0.543. The minimum atomic E-state index is -0.338. The van der Waals surface area contributed by atoms with Gasteiger partial charge in [-0.3, -0.25) is 4.79 Å². The summed E-state index contributed by atoms with van der Waals surface area (Å²) in [5, 5.41) is 0. The molecule has 1 aromatic carbocycles. The van der Waals surface area contributed by atoms with Gasteiger partial charge in [-0.05, 0) is 50.2 Å². The van der Waals surface area contributed by atoms with Crippen molar-refractivity contribution in [1.82, 2.24) is 9.97 Å². The first-order chi connectivity index (χ1) is 11.1. The second-order valence-electron chi connectivity index (χ2n) is 6.10. The normalized spacial score (nSPS) is 21.3. The molecule has 1 amide bonds. The van der Waals surface area contributed by atoms with Crippen LogP contribution in [0.5, 0.6) is 5.88 Å². The smallest absolute Gasteiger partial charge is 0.232 e. The van der Waals surface area contributed by atoms with Crippen molar-refractivity contribution in [2.24, 2.45) is 17.6 Å². The van der Waals surface area contributed by atoms with E-state index >= 15 is 0 Å². The SMILES string of the molecule is NC(=O)[C@H]1CC[C@H](CCOc2cnc3ccc(F)cc3n2)CC1. The Labute approximate surface area is 134 Å². The van der Waals surface area contributed by atoms with Gasteiger partial charge < -0.3 is 10.5 Å². The summed E-state index contributed by atoms with van der Waals surface area (Å²) in [4.78, 5) is 19.6. The summed E-state index contributed by atoms with van der Waals surface area (Å²) < 4.78 is 18.9. The summed E-state index contributed by atoms with van der Waals surface area (Å²) in [6.07, 6.45) is 6.22. The van der Waals surface area contributed by atoms with Crippen molar-refractivity contribution in [2.75, 3.05) is 6.61 Å². The highest BCUT2D eigenvalue weighted by Gasteiger charge is 2.24. The number of carbonyl (C=O) groups is 1. The molecule has 2 aromatic rings. The van der Waals surface area contributed by atoms with Gasteiger partial charge in [0, 0.05) is 12.0 Å². The maximum atomic E-state index is 13.2. The predicted molar refractivity (Wildman–Crippen MR) is 84.3 cm³/mol. The van der Waals surface area contributed by atoms with Crippen LogP contribution in [-0.2, 0) is 4.79 Å². The Kier molecular flexibility index (Phi) is 4.69. The van der Waals surface area contributed by atoms with Crippen molar-refractivity contribution >= 4 is 16.9 Å². The number of amides is 1. The second-order valence-corrected chi connectivity index (χ2v) is 6.10. The lowest BCUT2D eigenvalue weighted by Crippen LogP contribution is -2.28. The molecule has 0 atom stereocenters. The van der Waals surface area contributed by atoms with E-state index in [0.29, 0.717) is 29.4 Å². The van der Waals surface area contributed by atoms with Gasteiger partial charge in [0.05, 0.1) is 23.8 Å². The third kappa shape index (κ3) is 3.94. The van der Waals surface area contributed by atoms with Crippen LogP contribution in [0.3, 0.4) is 0 Å². The quantitative estimate of drug-likeness (QED) is 0.920. The molecule has 1 aromatic heterocycles. The molecule has 5 nitrogen and oxygen atoms in total. The first-order valence-electron chi connectivity index (χ1n) is 7.96. The summed E-state index contributed by atoms with van der Waals surface area (Å²) in [7, 11) is 0. The van der Waals surface area contributed by atoms with Crippen molar-refractivity contribution in [1.29, 1.82) is 0 Å². The van der Waals surface area contributed by atoms with E-state index in [1.54, 1.807) is 12.3 Å². The maximum absolute atomic E-state index is 13.2. The van der Waals surface area contributed by atoms with Crippen molar-refractivity contribution in [3.05, 3.63) is 30.2 Å². The molecule has 3 rings (SSSR count). The van der Waals surface area contributed by atoms with E-state index in [0.717, 1.165) is 32.1 Å². The van der Waals surface area contributed by atoms with E-state index < -0.39 is 0 Å². The lowest BCUT2D eigenvalue weighted by Gasteiger charge is -2.26. The first-order valence-corrected chi connectivity index (χ1v) is 7.96. The molecule has 1 fully saturated rings. The van der Waals surface area contributed by atoms with Gasteiger partial charge >= 0.3 is 0 Å². The Morgan fingerprint density at radius 1 is 1.26 bits per heavy atom. The fourth-order valence-corrected chi connectivity index (χ4v) is 3.10. The molecular formula is C17H20FN3O2. The lowest BCUT2D eigenvalue weighted by atomic mass is 9.80. The molecule has 0 aliphatic heterocycles. The van der Waals surface area contributed by atoms with Gasteiger partial charge in [-0.15, -0.1) is 0 Å². The molecule has 23 heavy (non-hydrogen) atoms. The fourth-order valence-electron chi connectivity index (χ4n) is 3.10. The van der Waals surface area contributed by atoms with Crippen LogP contribution in [0.1, 0.15) is 32.1 Å². The van der Waals surface area contributed by atoms with E-state index in [1.807, 2.05) is 0 Å². The van der Waals surface area contributed by atoms with E-state index in [2.05, 4.69) is 9.97 Å². The Bertz CT molecular complexity index is 699. The average Bonchev–Trinajstić information content (AvgIpc) is 2.55. The zero-order valence-electron chi connectivity index (χ0n) is 12.9. The van der Waals surface area contributed by atoms with E-state index in [1.165, 1.54) is 12.1 Å². The van der Waals surface area contributed by atoms with Crippen molar-refractivity contribution in [2.45, 2.75) is 32.1 Å². The van der Waals surface area contributed by atoms with E-state index in [9.17, 15) is 9.18 Å². The van der Waals surface area contributed by atoms with Crippen LogP contribution in [0.2, 0.25) is 0 Å². The molecule has 0 bridgehead atoms. The zero-order valence-corrected chi connectivity index (χ0v) is 12.9. The minimum absolute atomic E-state index is 0.0356. The first kappa shape index (κ1) is 15.6. The zero-order chi connectivity index (χ0) is 16.2. The van der Waals surface area contributed by atoms with Gasteiger partial charge in [-0.2, -0.15) is 0 Å². The molecule has 1 aliphatic rings. The molecule has 0 radical (unpaired) electrons. The Morgan fingerprint density at radius 2 is 2.04 bits per heavy atom. The van der Waals surface area contributed by atoms with Gasteiger partial charge in [-0.25, -0.2) is 14.4 Å². The Morgan fingerprint density at radius 3 is 2.78 bits per heavy atom. The van der Waals surface area contributed by atoms with Gasteiger partial charge in [0.25, 0.3) is 0 Å². The van der Waals surface area contributed by atoms with Crippen LogP contribution in [0.25, 0.3) is 11.0 Å². The van der Waals surface area contributed by atoms with Crippen LogP contribution < -0.4 is 10.5 Å². The number of ether oxygens (including phenoxy) is 1. The van der Waals surface area contributed by atoms with Crippen molar-refractivity contribution in [3.8, 4) is 5.88 Å². The van der Waals surface area contributed by atoms with Crippen LogP contribution in [0.4, 0.5) is 4.39 Å². The molecule has 1 saturated carbocycles. The number of benzene rings is 1. The molecule has 122 valence electrons. The second kappa shape index (κ2) is 6.89. The predicted octanol–water partition coefficient (Wildman–Crippen LogP) is 2.83. The number of primary amides is 1. The number of halogens is 1. The number of aromatic nitrogens is 2. The molecule has 2 N–H and O–H groups in total. The number of nitrogens with two attached hydrogens (primary N) is 1. The van der Waals surface area contributed by atoms with Gasteiger partial charge in [0.1, 0.15) is 5.82 Å². The summed E-state index contributed by atoms with van der Waals surface area (Å²) >= 11 is 0. The molecule has 1 heterocycles. The van der Waals surface area contributed by atoms with Crippen molar-refractivity contribution < 1.29 is 13.9 Å². The van der Waals surface area contributed by atoms with Crippen LogP contribution in [-0.4, -0.2) is 22.5 Å². The highest BCUT2D eigenvalue weighted by Crippen LogP contribution is 2.30. The molecule has 1 aliphatic carbocycles. The molecule has 0 spiro atoms. The van der Waals surface area contributed by atoms with Crippen molar-refractivity contribution in [3.63, 3.8) is 0 Å². The third-order valence-electron chi connectivity index (χ3n) is 4.51. The summed E-state index contributed by atoms with van der Waals surface area (Å²) in [5.74, 6) is 0.479. The monoisotopic (exact) mass is 317 g/mol. The summed E-state index contributed by atoms with van der Waals surface area (Å²) in [5.41, 5.74) is 6.47. The van der Waals surface area contributed by atoms with Gasteiger partial charge in [-0.1, -0.05) is 0 Å². The largest absolute Gasteiger partial charge is 0.477 e. The topological polar surface area (TPSA) is 78.1 Å². The standard InChI is InChI=1S/C17H20FN3O2/c18-13-5-6-14-15(9-13)21-16(10-20-14)23-8-7-11-1-3-12(4-2-11)17(19)22/h5-6,9-12H,1-4,7-8H2,(H2,19,22)/t11-,12-. The van der Waals surface area contributed by atoms with Crippen LogP contribution in [0, 0.1) is 17.7 Å². The number of hydrogen-bond donors (Lipinski definition) is 1. The third-order valence-corrected chi connectivity index (χ3v) is 4.51. The number of fused-ring (bicyclic) bond motifs is 1. The Hall–Kier alpha value is -2.24. The highest BCUT2D eigenvalue weighted by molar-refractivity contribution is 5.76. The van der Waals surface area contributed by atoms with Gasteiger partial charge in [0.2, 0.25) is 11.8 Å². The van der Waals surface area contributed by atoms with Crippen LogP contribution >= 0.6 is 0 Å². The molecule has 0 unspecified atom stereocenters. The number of nitrogens with zero attached hydrogens (tertiary/aromatic N) is 2. The minimum Gasteiger partial charge on any atom is -0.477 e. The van der Waals surface area contributed by atoms with Gasteiger partial charge in [0.15, 0.2) is 0 Å². The lowest BCUT2D eigenvalue weighted by molar-refractivity contribution is -0.122. The maximum Gasteiger partial charge on any atom is 0.232 e.